The maximum atomic E-state index is 6.10. The van der Waals surface area contributed by atoms with Crippen LogP contribution in [0.25, 0.3) is 0 Å². The largest absolute Gasteiger partial charge is 0.490 e. The van der Waals surface area contributed by atoms with Gasteiger partial charge in [0.1, 0.15) is 11.9 Å². The van der Waals surface area contributed by atoms with Crippen LogP contribution in [0.4, 0.5) is 0 Å². The quantitative estimate of drug-likeness (QED) is 0.725. The van der Waals surface area contributed by atoms with Gasteiger partial charge in [-0.05, 0) is 36.8 Å². The van der Waals surface area contributed by atoms with E-state index < -0.39 is 0 Å². The molecule has 0 bridgehead atoms. The first-order chi connectivity index (χ1) is 7.86. The Morgan fingerprint density at radius 1 is 1.24 bits per heavy atom. The summed E-state index contributed by atoms with van der Waals surface area (Å²) in [4.78, 5) is 0.649. The smallest absolute Gasteiger partial charge is 0.123 e. The molecule has 0 aliphatic heterocycles. The Morgan fingerprint density at radius 2 is 1.88 bits per heavy atom. The Hall–Kier alpha value is -0.500. The minimum atomic E-state index is 0.138. The van der Waals surface area contributed by atoms with Gasteiger partial charge in [0.2, 0.25) is 0 Å². The molecule has 0 radical (unpaired) electrons. The van der Waals surface area contributed by atoms with Crippen molar-refractivity contribution in [3.05, 3.63) is 29.3 Å². The molecule has 94 valence electrons. The molecule has 0 N–H and O–H groups in total. The van der Waals surface area contributed by atoms with Gasteiger partial charge in [-0.25, -0.2) is 0 Å². The molecule has 1 saturated carbocycles. The van der Waals surface area contributed by atoms with Gasteiger partial charge in [0.05, 0.1) is 0 Å². The number of alkyl halides is 1. The van der Waals surface area contributed by atoms with E-state index in [0.29, 0.717) is 10.9 Å². The Morgan fingerprint density at radius 3 is 2.41 bits per heavy atom. The lowest BCUT2D eigenvalue weighted by Gasteiger charge is -2.34. The molecule has 0 atom stereocenters. The van der Waals surface area contributed by atoms with E-state index in [1.54, 1.807) is 0 Å². The molecule has 0 heterocycles. The van der Waals surface area contributed by atoms with Crippen LogP contribution < -0.4 is 4.74 Å². The van der Waals surface area contributed by atoms with E-state index in [1.807, 2.05) is 0 Å². The van der Waals surface area contributed by atoms with Gasteiger partial charge in [-0.3, -0.25) is 0 Å². The molecule has 2 rings (SSSR count). The summed E-state index contributed by atoms with van der Waals surface area (Å²) in [6.07, 6.45) is 2.64. The zero-order valence-corrected chi connectivity index (χ0v) is 12.7. The van der Waals surface area contributed by atoms with Crippen LogP contribution in [-0.4, -0.2) is 10.9 Å². The highest BCUT2D eigenvalue weighted by Gasteiger charge is 2.30. The topological polar surface area (TPSA) is 9.23 Å². The van der Waals surface area contributed by atoms with Crippen molar-refractivity contribution in [3.8, 4) is 5.75 Å². The lowest BCUT2D eigenvalue weighted by molar-refractivity contribution is 0.125. The molecule has 0 unspecified atom stereocenters. The summed E-state index contributed by atoms with van der Waals surface area (Å²) >= 11 is 3.60. The van der Waals surface area contributed by atoms with E-state index in [0.717, 1.165) is 18.6 Å². The van der Waals surface area contributed by atoms with E-state index >= 15 is 0 Å². The SMILES string of the molecule is Cc1ccc(OC2CC(Br)C2)c(C(C)(C)C)c1. The van der Waals surface area contributed by atoms with Crippen molar-refractivity contribution in [1.82, 2.24) is 0 Å². The average Bonchev–Trinajstić information content (AvgIpc) is 2.16. The van der Waals surface area contributed by atoms with Crippen LogP contribution in [0.3, 0.4) is 0 Å². The van der Waals surface area contributed by atoms with Crippen molar-refractivity contribution in [1.29, 1.82) is 0 Å². The molecular formula is C15H21BrO. The summed E-state index contributed by atoms with van der Waals surface area (Å²) in [6.45, 7) is 8.85. The van der Waals surface area contributed by atoms with E-state index in [-0.39, 0.29) is 5.41 Å². The molecule has 0 spiro atoms. The lowest BCUT2D eigenvalue weighted by Crippen LogP contribution is -2.34. The molecule has 1 nitrogen and oxygen atoms in total. The normalized spacial score (nSPS) is 24.3. The Bertz CT molecular complexity index is 400. The maximum absolute atomic E-state index is 6.10. The summed E-state index contributed by atoms with van der Waals surface area (Å²) in [6, 6.07) is 6.51. The predicted molar refractivity (Wildman–Crippen MR) is 76.2 cm³/mol. The van der Waals surface area contributed by atoms with Crippen LogP contribution in [0, 0.1) is 6.92 Å². The molecule has 0 amide bonds. The molecular weight excluding hydrogens is 276 g/mol. The van der Waals surface area contributed by atoms with Gasteiger partial charge >= 0.3 is 0 Å². The zero-order chi connectivity index (χ0) is 12.6. The highest BCUT2D eigenvalue weighted by atomic mass is 79.9. The lowest BCUT2D eigenvalue weighted by atomic mass is 9.85. The third kappa shape index (κ3) is 3.04. The van der Waals surface area contributed by atoms with Gasteiger partial charge in [-0.2, -0.15) is 0 Å². The van der Waals surface area contributed by atoms with Crippen molar-refractivity contribution >= 4 is 15.9 Å². The van der Waals surface area contributed by atoms with Gasteiger partial charge in [-0.1, -0.05) is 54.4 Å². The van der Waals surface area contributed by atoms with Crippen molar-refractivity contribution in [2.75, 3.05) is 0 Å². The number of halogens is 1. The average molecular weight is 297 g/mol. The van der Waals surface area contributed by atoms with Crippen LogP contribution in [0.5, 0.6) is 5.75 Å². The van der Waals surface area contributed by atoms with E-state index in [4.69, 9.17) is 4.74 Å². The first-order valence-corrected chi connectivity index (χ1v) is 7.19. The molecule has 1 aliphatic carbocycles. The van der Waals surface area contributed by atoms with Crippen molar-refractivity contribution in [2.24, 2.45) is 0 Å². The summed E-state index contributed by atoms with van der Waals surface area (Å²) < 4.78 is 6.10. The van der Waals surface area contributed by atoms with Crippen molar-refractivity contribution in [2.45, 2.75) is 56.9 Å². The fourth-order valence-corrected chi connectivity index (χ4v) is 2.94. The third-order valence-electron chi connectivity index (χ3n) is 3.27. The fraction of sp³-hybridized carbons (Fsp3) is 0.600. The minimum absolute atomic E-state index is 0.138. The van der Waals surface area contributed by atoms with E-state index in [9.17, 15) is 0 Å². The summed E-state index contributed by atoms with van der Waals surface area (Å²) in [5.74, 6) is 1.06. The maximum Gasteiger partial charge on any atom is 0.123 e. The highest BCUT2D eigenvalue weighted by Crippen LogP contribution is 2.36. The second-order valence-corrected chi connectivity index (χ2v) is 7.35. The van der Waals surface area contributed by atoms with E-state index in [1.165, 1.54) is 11.1 Å². The first kappa shape index (κ1) is 12.9. The van der Waals surface area contributed by atoms with Gasteiger partial charge in [0.25, 0.3) is 0 Å². The number of benzene rings is 1. The zero-order valence-electron chi connectivity index (χ0n) is 11.1. The van der Waals surface area contributed by atoms with Gasteiger partial charge < -0.3 is 4.74 Å². The molecule has 0 saturated heterocycles. The molecule has 17 heavy (non-hydrogen) atoms. The van der Waals surface area contributed by atoms with E-state index in [2.05, 4.69) is 61.8 Å². The Kier molecular flexibility index (Phi) is 3.53. The molecule has 1 fully saturated rings. The second kappa shape index (κ2) is 4.64. The number of rotatable bonds is 2. The monoisotopic (exact) mass is 296 g/mol. The number of hydrogen-bond donors (Lipinski definition) is 0. The first-order valence-electron chi connectivity index (χ1n) is 6.28. The van der Waals surface area contributed by atoms with Crippen LogP contribution in [0.1, 0.15) is 44.7 Å². The number of ether oxygens (including phenoxy) is 1. The second-order valence-electron chi connectivity index (χ2n) is 6.06. The van der Waals surface area contributed by atoms with Crippen LogP contribution in [0.15, 0.2) is 18.2 Å². The molecule has 2 heteroatoms. The number of aryl methyl sites for hydroxylation is 1. The summed E-state index contributed by atoms with van der Waals surface area (Å²) in [5.41, 5.74) is 2.75. The Balaban J connectivity index is 2.21. The third-order valence-corrected chi connectivity index (χ3v) is 4.02. The minimum Gasteiger partial charge on any atom is -0.490 e. The Labute approximate surface area is 113 Å². The summed E-state index contributed by atoms with van der Waals surface area (Å²) in [5, 5.41) is 0. The van der Waals surface area contributed by atoms with Crippen LogP contribution in [0.2, 0.25) is 0 Å². The predicted octanol–water partition coefficient (Wildman–Crippen LogP) is 4.60. The molecule has 1 aromatic carbocycles. The van der Waals surface area contributed by atoms with Gasteiger partial charge in [-0.15, -0.1) is 0 Å². The fourth-order valence-electron chi connectivity index (χ4n) is 2.11. The van der Waals surface area contributed by atoms with Gasteiger partial charge in [0.15, 0.2) is 0 Å². The molecule has 0 aromatic heterocycles. The van der Waals surface area contributed by atoms with Gasteiger partial charge in [0, 0.05) is 4.83 Å². The summed E-state index contributed by atoms with van der Waals surface area (Å²) in [7, 11) is 0. The molecule has 1 aromatic rings. The van der Waals surface area contributed by atoms with Crippen LogP contribution >= 0.6 is 15.9 Å². The highest BCUT2D eigenvalue weighted by molar-refractivity contribution is 9.09. The van der Waals surface area contributed by atoms with Crippen molar-refractivity contribution in [3.63, 3.8) is 0 Å². The van der Waals surface area contributed by atoms with Crippen molar-refractivity contribution < 1.29 is 4.74 Å². The van der Waals surface area contributed by atoms with Crippen LogP contribution in [-0.2, 0) is 5.41 Å². The molecule has 1 aliphatic rings. The standard InChI is InChI=1S/C15H21BrO/c1-10-5-6-14(13(7-10)15(2,3)4)17-12-8-11(16)9-12/h5-7,11-12H,8-9H2,1-4H3. The number of hydrogen-bond acceptors (Lipinski definition) is 1.